The minimum atomic E-state index is -3.20. The van der Waals surface area contributed by atoms with Gasteiger partial charge in [-0.1, -0.05) is 20.8 Å². The van der Waals surface area contributed by atoms with Crippen molar-refractivity contribution >= 4 is 10.2 Å². The summed E-state index contributed by atoms with van der Waals surface area (Å²) in [5.41, 5.74) is 0.307. The van der Waals surface area contributed by atoms with Crippen LogP contribution in [-0.2, 0) is 10.2 Å². The Morgan fingerprint density at radius 1 is 1.12 bits per heavy atom. The fourth-order valence-electron chi connectivity index (χ4n) is 3.68. The lowest BCUT2D eigenvalue weighted by Crippen LogP contribution is -2.61. The van der Waals surface area contributed by atoms with Crippen LogP contribution in [0.2, 0.25) is 0 Å². The molecule has 4 nitrogen and oxygen atoms in total. The van der Waals surface area contributed by atoms with E-state index in [-0.39, 0.29) is 0 Å². The molecule has 0 radical (unpaired) electrons. The molecule has 2 heterocycles. The molecule has 0 aromatic carbocycles. The van der Waals surface area contributed by atoms with E-state index in [0.717, 1.165) is 0 Å². The van der Waals surface area contributed by atoms with Gasteiger partial charge in [0, 0.05) is 27.2 Å². The second kappa shape index (κ2) is 3.93. The summed E-state index contributed by atoms with van der Waals surface area (Å²) < 4.78 is 27.1. The molecule has 0 amide bonds. The summed E-state index contributed by atoms with van der Waals surface area (Å²) in [6.07, 6.45) is 1.21. The van der Waals surface area contributed by atoms with Crippen LogP contribution in [0.3, 0.4) is 0 Å². The molecular weight excluding hydrogens is 236 g/mol. The topological polar surface area (TPSA) is 40.6 Å². The van der Waals surface area contributed by atoms with E-state index < -0.39 is 10.2 Å². The van der Waals surface area contributed by atoms with Crippen molar-refractivity contribution in [3.05, 3.63) is 0 Å². The first-order chi connectivity index (χ1) is 7.64. The summed E-state index contributed by atoms with van der Waals surface area (Å²) in [6.45, 7) is 8.23. The minimum Gasteiger partial charge on any atom is -0.195 e. The summed E-state index contributed by atoms with van der Waals surface area (Å²) in [5, 5.41) is 0. The fraction of sp³-hybridized carbons (Fsp3) is 1.00. The molecule has 0 spiro atoms. The number of piperidine rings is 2. The molecule has 2 atom stereocenters. The second-order valence-electron chi connectivity index (χ2n) is 6.75. The number of rotatable bonds is 2. The first kappa shape index (κ1) is 13.3. The predicted octanol–water partition coefficient (Wildman–Crippen LogP) is 1.41. The third-order valence-electron chi connectivity index (χ3n) is 4.29. The Labute approximate surface area is 105 Å². The zero-order valence-electron chi connectivity index (χ0n) is 11.5. The summed E-state index contributed by atoms with van der Waals surface area (Å²) in [4.78, 5) is 0. The van der Waals surface area contributed by atoms with Gasteiger partial charge in [-0.2, -0.15) is 17.0 Å². The van der Waals surface area contributed by atoms with E-state index in [9.17, 15) is 8.42 Å². The highest BCUT2D eigenvalue weighted by Crippen LogP contribution is 2.54. The molecule has 2 aliphatic heterocycles. The van der Waals surface area contributed by atoms with Gasteiger partial charge in [-0.05, 0) is 29.6 Å². The maximum absolute atomic E-state index is 12.1. The maximum Gasteiger partial charge on any atom is 0.281 e. The average molecular weight is 260 g/mol. The van der Waals surface area contributed by atoms with Crippen molar-refractivity contribution in [1.82, 2.24) is 8.61 Å². The Morgan fingerprint density at radius 2 is 1.59 bits per heavy atom. The lowest BCUT2D eigenvalue weighted by Gasteiger charge is -2.58. The van der Waals surface area contributed by atoms with Crippen LogP contribution in [0.5, 0.6) is 0 Å². The Morgan fingerprint density at radius 3 is 1.94 bits per heavy atom. The average Bonchev–Trinajstić information content (AvgIpc) is 2.14. The first-order valence-electron chi connectivity index (χ1n) is 6.31. The van der Waals surface area contributed by atoms with Gasteiger partial charge in [0.15, 0.2) is 0 Å². The zero-order chi connectivity index (χ0) is 13.0. The monoisotopic (exact) mass is 260 g/mol. The number of hydrogen-bond acceptors (Lipinski definition) is 2. The second-order valence-corrected chi connectivity index (χ2v) is 8.90. The largest absolute Gasteiger partial charge is 0.281 e. The van der Waals surface area contributed by atoms with E-state index in [1.807, 2.05) is 0 Å². The van der Waals surface area contributed by atoms with Crippen LogP contribution < -0.4 is 0 Å². The van der Waals surface area contributed by atoms with E-state index in [2.05, 4.69) is 20.8 Å². The van der Waals surface area contributed by atoms with Gasteiger partial charge in [0.2, 0.25) is 0 Å². The van der Waals surface area contributed by atoms with Crippen molar-refractivity contribution in [2.45, 2.75) is 27.2 Å². The Kier molecular flexibility index (Phi) is 3.08. The van der Waals surface area contributed by atoms with Gasteiger partial charge in [-0.3, -0.25) is 0 Å². The predicted molar refractivity (Wildman–Crippen MR) is 68.7 cm³/mol. The molecule has 1 aliphatic carbocycles. The highest BCUT2D eigenvalue weighted by molar-refractivity contribution is 7.86. The Hall–Kier alpha value is -0.130. The fourth-order valence-corrected chi connectivity index (χ4v) is 4.90. The SMILES string of the molecule is CN(C)S(=O)(=O)N1CC2CC(C1)C2C(C)(C)C. The summed E-state index contributed by atoms with van der Waals surface area (Å²) >= 11 is 0. The quantitative estimate of drug-likeness (QED) is 0.753. The molecule has 3 rings (SSSR count). The van der Waals surface area contributed by atoms with Crippen molar-refractivity contribution in [2.75, 3.05) is 27.2 Å². The van der Waals surface area contributed by atoms with E-state index in [0.29, 0.717) is 36.3 Å². The van der Waals surface area contributed by atoms with E-state index in [1.54, 1.807) is 18.4 Å². The van der Waals surface area contributed by atoms with Crippen LogP contribution in [0, 0.1) is 23.2 Å². The van der Waals surface area contributed by atoms with Gasteiger partial charge in [0.05, 0.1) is 0 Å². The van der Waals surface area contributed by atoms with Crippen LogP contribution >= 0.6 is 0 Å². The van der Waals surface area contributed by atoms with Crippen molar-refractivity contribution in [3.63, 3.8) is 0 Å². The summed E-state index contributed by atoms with van der Waals surface area (Å²) in [6, 6.07) is 0. The molecule has 17 heavy (non-hydrogen) atoms. The van der Waals surface area contributed by atoms with Gasteiger partial charge in [0.1, 0.15) is 0 Å². The molecule has 0 aromatic rings. The molecule has 0 N–H and O–H groups in total. The Bertz CT molecular complexity index is 385. The van der Waals surface area contributed by atoms with Crippen LogP contribution in [0.1, 0.15) is 27.2 Å². The van der Waals surface area contributed by atoms with Gasteiger partial charge in [-0.25, -0.2) is 0 Å². The minimum absolute atomic E-state index is 0.307. The standard InChI is InChI=1S/C12H24N2O2S/c1-12(2,3)11-9-6-10(11)8-14(7-9)17(15,16)13(4)5/h9-11H,6-8H2,1-5H3. The lowest BCUT2D eigenvalue weighted by molar-refractivity contribution is -0.0733. The van der Waals surface area contributed by atoms with Gasteiger partial charge >= 0.3 is 0 Å². The highest BCUT2D eigenvalue weighted by Gasteiger charge is 2.53. The van der Waals surface area contributed by atoms with Crippen molar-refractivity contribution in [1.29, 1.82) is 0 Å². The van der Waals surface area contributed by atoms with Gasteiger partial charge in [0.25, 0.3) is 10.2 Å². The van der Waals surface area contributed by atoms with Crippen LogP contribution in [-0.4, -0.2) is 44.2 Å². The summed E-state index contributed by atoms with van der Waals surface area (Å²) in [7, 11) is 0.0112. The molecule has 3 fully saturated rings. The third kappa shape index (κ3) is 2.13. The van der Waals surface area contributed by atoms with Crippen molar-refractivity contribution in [2.24, 2.45) is 23.2 Å². The molecule has 0 aromatic heterocycles. The number of hydrogen-bond donors (Lipinski definition) is 0. The summed E-state index contributed by atoms with van der Waals surface area (Å²) in [5.74, 6) is 1.81. The molecule has 5 heteroatoms. The number of fused-ring (bicyclic) bond motifs is 2. The third-order valence-corrected chi connectivity index (χ3v) is 6.16. The normalized spacial score (nSPS) is 34.8. The first-order valence-corrected chi connectivity index (χ1v) is 7.71. The van der Waals surface area contributed by atoms with Crippen molar-refractivity contribution in [3.8, 4) is 0 Å². The van der Waals surface area contributed by atoms with Crippen LogP contribution in [0.15, 0.2) is 0 Å². The van der Waals surface area contributed by atoms with Gasteiger partial charge < -0.3 is 0 Å². The molecule has 3 aliphatic rings. The maximum atomic E-state index is 12.1. The van der Waals surface area contributed by atoms with Gasteiger partial charge in [-0.15, -0.1) is 0 Å². The van der Waals surface area contributed by atoms with E-state index in [1.165, 1.54) is 10.7 Å². The molecule has 2 saturated heterocycles. The Balaban J connectivity index is 2.10. The molecule has 100 valence electrons. The highest BCUT2D eigenvalue weighted by atomic mass is 32.2. The molecule has 2 unspecified atom stereocenters. The molecule has 2 bridgehead atoms. The van der Waals surface area contributed by atoms with Crippen LogP contribution in [0.4, 0.5) is 0 Å². The van der Waals surface area contributed by atoms with Crippen LogP contribution in [0.25, 0.3) is 0 Å². The lowest BCUT2D eigenvalue weighted by atomic mass is 9.53. The smallest absolute Gasteiger partial charge is 0.195 e. The van der Waals surface area contributed by atoms with E-state index in [4.69, 9.17) is 0 Å². The zero-order valence-corrected chi connectivity index (χ0v) is 12.3. The molecular formula is C12H24N2O2S. The molecule has 1 saturated carbocycles. The van der Waals surface area contributed by atoms with Crippen molar-refractivity contribution < 1.29 is 8.42 Å². The number of nitrogens with zero attached hydrogens (tertiary/aromatic N) is 2. The van der Waals surface area contributed by atoms with E-state index >= 15 is 0 Å².